The van der Waals surface area contributed by atoms with Gasteiger partial charge in [0.25, 0.3) is 0 Å². The third-order valence-corrected chi connectivity index (χ3v) is 4.27. The second-order valence-corrected chi connectivity index (χ2v) is 6.73. The van der Waals surface area contributed by atoms with Crippen LogP contribution in [0.15, 0.2) is 22.7 Å². The van der Waals surface area contributed by atoms with Crippen molar-refractivity contribution in [1.29, 1.82) is 0 Å². The van der Waals surface area contributed by atoms with Gasteiger partial charge in [0.2, 0.25) is 10.0 Å². The molecule has 0 aromatic heterocycles. The minimum atomic E-state index is -3.63. The first-order chi connectivity index (χ1) is 8.84. The summed E-state index contributed by atoms with van der Waals surface area (Å²) in [5, 5.41) is 0.409. The first kappa shape index (κ1) is 16.3. The van der Waals surface area contributed by atoms with E-state index >= 15 is 0 Å². The van der Waals surface area contributed by atoms with E-state index in [0.29, 0.717) is 15.2 Å². The Labute approximate surface area is 125 Å². The molecule has 0 atom stereocenters. The number of carbonyl (C=O) groups is 1. The predicted molar refractivity (Wildman–Crippen MR) is 77.8 cm³/mol. The molecule has 1 N–H and O–H groups in total. The molecular weight excluding hydrogens is 358 g/mol. The van der Waals surface area contributed by atoms with Gasteiger partial charge in [-0.25, -0.2) is 8.42 Å². The molecule has 0 saturated carbocycles. The summed E-state index contributed by atoms with van der Waals surface area (Å²) in [5.41, 5.74) is 0.330. The van der Waals surface area contributed by atoms with Gasteiger partial charge in [0.05, 0.1) is 24.5 Å². The van der Waals surface area contributed by atoms with E-state index in [-0.39, 0.29) is 18.8 Å². The maximum absolute atomic E-state index is 11.8. The highest BCUT2D eigenvalue weighted by molar-refractivity contribution is 9.10. The number of nitrogens with one attached hydrogen (secondary N) is 1. The molecule has 0 unspecified atom stereocenters. The van der Waals surface area contributed by atoms with E-state index in [1.807, 2.05) is 0 Å². The molecule has 0 bridgehead atoms. The summed E-state index contributed by atoms with van der Waals surface area (Å²) in [6, 6.07) is 4.74. The first-order valence-electron chi connectivity index (χ1n) is 5.45. The summed E-state index contributed by atoms with van der Waals surface area (Å²) in [5.74, 6) is -0.886. The highest BCUT2D eigenvalue weighted by atomic mass is 79.9. The van der Waals surface area contributed by atoms with Crippen molar-refractivity contribution >= 4 is 49.2 Å². The van der Waals surface area contributed by atoms with Gasteiger partial charge in [0.1, 0.15) is 0 Å². The number of rotatable bonds is 6. The summed E-state index contributed by atoms with van der Waals surface area (Å²) in [7, 11) is -3.63. The van der Waals surface area contributed by atoms with Crippen LogP contribution < -0.4 is 4.72 Å². The minimum absolute atomic E-state index is 0.193. The Bertz CT molecular complexity index is 562. The van der Waals surface area contributed by atoms with Gasteiger partial charge in [-0.1, -0.05) is 11.6 Å². The van der Waals surface area contributed by atoms with Crippen LogP contribution in [0.5, 0.6) is 0 Å². The number of halogens is 2. The fourth-order valence-corrected chi connectivity index (χ4v) is 2.94. The molecule has 0 spiro atoms. The van der Waals surface area contributed by atoms with E-state index in [4.69, 9.17) is 11.6 Å². The lowest BCUT2D eigenvalue weighted by atomic mass is 10.3. The molecular formula is C11H13BrClNO4S. The van der Waals surface area contributed by atoms with Crippen molar-refractivity contribution in [3.8, 4) is 0 Å². The summed E-state index contributed by atoms with van der Waals surface area (Å²) in [4.78, 5) is 11.1. The quantitative estimate of drug-likeness (QED) is 0.782. The van der Waals surface area contributed by atoms with Crippen molar-refractivity contribution in [3.63, 3.8) is 0 Å². The smallest absolute Gasteiger partial charge is 0.306 e. The third-order valence-electron chi connectivity index (χ3n) is 2.07. The summed E-state index contributed by atoms with van der Waals surface area (Å²) in [6.45, 7) is 1.89. The van der Waals surface area contributed by atoms with Gasteiger partial charge >= 0.3 is 5.97 Å². The molecule has 1 aromatic rings. The highest BCUT2D eigenvalue weighted by Gasteiger charge is 2.15. The third kappa shape index (κ3) is 5.80. The van der Waals surface area contributed by atoms with Crippen LogP contribution in [-0.2, 0) is 19.6 Å². The molecule has 0 saturated heterocycles. The van der Waals surface area contributed by atoms with E-state index in [1.54, 1.807) is 19.1 Å². The van der Waals surface area contributed by atoms with Gasteiger partial charge < -0.3 is 4.74 Å². The molecule has 0 aliphatic heterocycles. The molecule has 1 aromatic carbocycles. The second kappa shape index (κ2) is 7.12. The van der Waals surface area contributed by atoms with Crippen molar-refractivity contribution < 1.29 is 17.9 Å². The fraction of sp³-hybridized carbons (Fsp3) is 0.364. The highest BCUT2D eigenvalue weighted by Crippen LogP contribution is 2.26. The molecule has 0 radical (unpaired) electrons. The topological polar surface area (TPSA) is 72.5 Å². The Kier molecular flexibility index (Phi) is 6.09. The van der Waals surface area contributed by atoms with Crippen molar-refractivity contribution in [3.05, 3.63) is 27.7 Å². The van der Waals surface area contributed by atoms with Crippen molar-refractivity contribution in [2.75, 3.05) is 17.1 Å². The van der Waals surface area contributed by atoms with Gasteiger partial charge in [-0.05, 0) is 41.1 Å². The summed E-state index contributed by atoms with van der Waals surface area (Å²) < 4.78 is 31.2. The predicted octanol–water partition coefficient (Wildman–Crippen LogP) is 2.80. The lowest BCUT2D eigenvalue weighted by molar-refractivity contribution is -0.142. The Morgan fingerprint density at radius 3 is 2.79 bits per heavy atom. The van der Waals surface area contributed by atoms with Gasteiger partial charge in [0, 0.05) is 9.50 Å². The van der Waals surface area contributed by atoms with Gasteiger partial charge in [-0.15, -0.1) is 0 Å². The number of esters is 1. The SMILES string of the molecule is CCOC(=O)CCS(=O)(=O)Nc1cc(Cl)ccc1Br. The van der Waals surface area contributed by atoms with E-state index < -0.39 is 16.0 Å². The Morgan fingerprint density at radius 2 is 2.16 bits per heavy atom. The zero-order valence-corrected chi connectivity index (χ0v) is 13.3. The number of hydrogen-bond donors (Lipinski definition) is 1. The largest absolute Gasteiger partial charge is 0.466 e. The van der Waals surface area contributed by atoms with Crippen molar-refractivity contribution in [2.45, 2.75) is 13.3 Å². The monoisotopic (exact) mass is 369 g/mol. The van der Waals surface area contributed by atoms with Gasteiger partial charge in [-0.2, -0.15) is 0 Å². The normalized spacial score (nSPS) is 11.1. The lowest BCUT2D eigenvalue weighted by Crippen LogP contribution is -2.20. The zero-order chi connectivity index (χ0) is 14.5. The van der Waals surface area contributed by atoms with Crippen LogP contribution in [0.3, 0.4) is 0 Å². The Morgan fingerprint density at radius 1 is 1.47 bits per heavy atom. The summed E-state index contributed by atoms with van der Waals surface area (Å²) >= 11 is 9.00. The Hall–Kier alpha value is -0.790. The van der Waals surface area contributed by atoms with Crippen LogP contribution in [0.4, 0.5) is 5.69 Å². The van der Waals surface area contributed by atoms with E-state index in [9.17, 15) is 13.2 Å². The molecule has 0 heterocycles. The number of anilines is 1. The number of hydrogen-bond acceptors (Lipinski definition) is 4. The van der Waals surface area contributed by atoms with Crippen molar-refractivity contribution in [2.24, 2.45) is 0 Å². The molecule has 0 amide bonds. The summed E-state index contributed by atoms with van der Waals surface area (Å²) in [6.07, 6.45) is -0.193. The molecule has 0 fully saturated rings. The van der Waals surface area contributed by atoms with E-state index in [2.05, 4.69) is 25.4 Å². The van der Waals surface area contributed by atoms with Crippen LogP contribution in [-0.4, -0.2) is 26.7 Å². The molecule has 5 nitrogen and oxygen atoms in total. The van der Waals surface area contributed by atoms with Crippen LogP contribution in [0, 0.1) is 0 Å². The molecule has 19 heavy (non-hydrogen) atoms. The standard InChI is InChI=1S/C11H13BrClNO4S/c1-2-18-11(15)5-6-19(16,17)14-10-7-8(13)3-4-9(10)12/h3-4,7,14H,2,5-6H2,1H3. The maximum Gasteiger partial charge on any atom is 0.306 e. The van der Waals surface area contributed by atoms with E-state index in [1.165, 1.54) is 6.07 Å². The molecule has 1 rings (SSSR count). The van der Waals surface area contributed by atoms with Crippen LogP contribution in [0.2, 0.25) is 5.02 Å². The molecule has 106 valence electrons. The zero-order valence-electron chi connectivity index (χ0n) is 10.2. The van der Waals surface area contributed by atoms with Crippen LogP contribution in [0.25, 0.3) is 0 Å². The number of ether oxygens (including phenoxy) is 1. The first-order valence-corrected chi connectivity index (χ1v) is 8.27. The maximum atomic E-state index is 11.8. The van der Waals surface area contributed by atoms with Gasteiger partial charge in [0.15, 0.2) is 0 Å². The Balaban J connectivity index is 2.69. The number of carbonyl (C=O) groups excluding carboxylic acids is 1. The molecule has 8 heteroatoms. The van der Waals surface area contributed by atoms with Crippen LogP contribution >= 0.6 is 27.5 Å². The fourth-order valence-electron chi connectivity index (χ4n) is 1.25. The second-order valence-electron chi connectivity index (χ2n) is 3.60. The van der Waals surface area contributed by atoms with Crippen LogP contribution in [0.1, 0.15) is 13.3 Å². The molecule has 0 aliphatic rings. The number of benzene rings is 1. The van der Waals surface area contributed by atoms with Crippen molar-refractivity contribution in [1.82, 2.24) is 0 Å². The lowest BCUT2D eigenvalue weighted by Gasteiger charge is -2.09. The average Bonchev–Trinajstić information content (AvgIpc) is 2.32. The molecule has 0 aliphatic carbocycles. The minimum Gasteiger partial charge on any atom is -0.466 e. The average molecular weight is 371 g/mol. The van der Waals surface area contributed by atoms with Gasteiger partial charge in [-0.3, -0.25) is 9.52 Å². The van der Waals surface area contributed by atoms with E-state index in [0.717, 1.165) is 0 Å². The number of sulfonamides is 1.